The summed E-state index contributed by atoms with van der Waals surface area (Å²) in [5, 5.41) is 5.19. The highest BCUT2D eigenvalue weighted by Crippen LogP contribution is 2.23. The fourth-order valence-corrected chi connectivity index (χ4v) is 2.27. The van der Waals surface area contributed by atoms with Gasteiger partial charge in [0.05, 0.1) is 5.92 Å². The van der Waals surface area contributed by atoms with Crippen LogP contribution in [0.25, 0.3) is 10.8 Å². The molecule has 3 N–H and O–H groups in total. The predicted octanol–water partition coefficient (Wildman–Crippen LogP) is 3.15. The molecule has 0 saturated heterocycles. The van der Waals surface area contributed by atoms with E-state index in [4.69, 9.17) is 5.73 Å². The number of carbonyl (C=O) groups excluding carboxylic acids is 1. The van der Waals surface area contributed by atoms with Crippen LogP contribution in [-0.2, 0) is 4.79 Å². The Labute approximate surface area is 113 Å². The summed E-state index contributed by atoms with van der Waals surface area (Å²) in [5.74, 6) is -0.0929. The van der Waals surface area contributed by atoms with Gasteiger partial charge in [-0.1, -0.05) is 49.7 Å². The fourth-order valence-electron chi connectivity index (χ4n) is 2.27. The summed E-state index contributed by atoms with van der Waals surface area (Å²) in [6, 6.07) is 13.9. The van der Waals surface area contributed by atoms with Crippen molar-refractivity contribution < 1.29 is 4.79 Å². The number of fused-ring (bicyclic) bond motifs is 1. The lowest BCUT2D eigenvalue weighted by Gasteiger charge is -2.15. The molecule has 0 aliphatic heterocycles. The Balaban J connectivity index is 2.23. The maximum atomic E-state index is 12.2. The van der Waals surface area contributed by atoms with Crippen molar-refractivity contribution in [3.8, 4) is 0 Å². The Bertz CT molecular complexity index is 560. The topological polar surface area (TPSA) is 55.1 Å². The fraction of sp³-hybridized carbons (Fsp3) is 0.312. The largest absolute Gasteiger partial charge is 0.330 e. The monoisotopic (exact) mass is 256 g/mol. The van der Waals surface area contributed by atoms with Gasteiger partial charge in [0.25, 0.3) is 0 Å². The van der Waals surface area contributed by atoms with E-state index in [1.165, 1.54) is 0 Å². The van der Waals surface area contributed by atoms with Gasteiger partial charge < -0.3 is 11.1 Å². The van der Waals surface area contributed by atoms with Crippen LogP contribution < -0.4 is 11.1 Å². The zero-order valence-electron chi connectivity index (χ0n) is 11.2. The molecular formula is C16H20N2O. The summed E-state index contributed by atoms with van der Waals surface area (Å²) in [6.07, 6.45) is 1.79. The molecule has 100 valence electrons. The van der Waals surface area contributed by atoms with Crippen molar-refractivity contribution in [1.82, 2.24) is 0 Å². The maximum absolute atomic E-state index is 12.2. The van der Waals surface area contributed by atoms with Gasteiger partial charge in [-0.2, -0.15) is 0 Å². The third-order valence-electron chi connectivity index (χ3n) is 3.34. The summed E-state index contributed by atoms with van der Waals surface area (Å²) < 4.78 is 0. The van der Waals surface area contributed by atoms with Crippen LogP contribution in [0.4, 0.5) is 5.69 Å². The average molecular weight is 256 g/mol. The minimum atomic E-state index is -0.107. The molecule has 0 aliphatic carbocycles. The number of nitrogens with one attached hydrogen (secondary N) is 1. The highest BCUT2D eigenvalue weighted by Gasteiger charge is 2.16. The molecule has 2 rings (SSSR count). The van der Waals surface area contributed by atoms with Crippen LogP contribution in [0.15, 0.2) is 42.5 Å². The van der Waals surface area contributed by atoms with E-state index < -0.39 is 0 Å². The molecule has 2 aromatic carbocycles. The zero-order chi connectivity index (χ0) is 13.7. The molecule has 0 radical (unpaired) electrons. The molecule has 3 nitrogen and oxygen atoms in total. The van der Waals surface area contributed by atoms with Gasteiger partial charge in [-0.05, 0) is 17.9 Å². The van der Waals surface area contributed by atoms with E-state index in [1.54, 1.807) is 0 Å². The van der Waals surface area contributed by atoms with Crippen molar-refractivity contribution in [2.75, 3.05) is 11.9 Å². The number of benzene rings is 2. The van der Waals surface area contributed by atoms with E-state index in [2.05, 4.69) is 12.2 Å². The van der Waals surface area contributed by atoms with E-state index in [-0.39, 0.29) is 11.8 Å². The summed E-state index contributed by atoms with van der Waals surface area (Å²) in [5.41, 5.74) is 6.52. The molecule has 19 heavy (non-hydrogen) atoms. The van der Waals surface area contributed by atoms with Crippen molar-refractivity contribution >= 4 is 22.4 Å². The summed E-state index contributed by atoms with van der Waals surface area (Å²) in [4.78, 5) is 12.2. The molecule has 0 bridgehead atoms. The first-order valence-electron chi connectivity index (χ1n) is 6.75. The van der Waals surface area contributed by atoms with E-state index in [0.29, 0.717) is 6.54 Å². The van der Waals surface area contributed by atoms with Gasteiger partial charge in [0, 0.05) is 17.6 Å². The lowest BCUT2D eigenvalue weighted by atomic mass is 10.0. The Morgan fingerprint density at radius 2 is 1.95 bits per heavy atom. The van der Waals surface area contributed by atoms with Gasteiger partial charge in [0.2, 0.25) is 5.91 Å². The molecule has 0 spiro atoms. The average Bonchev–Trinajstić information content (AvgIpc) is 2.45. The molecule has 1 atom stereocenters. The normalized spacial score (nSPS) is 12.3. The SMILES string of the molecule is CCCC(CN)C(=O)Nc1cccc2ccccc12. The zero-order valence-corrected chi connectivity index (χ0v) is 11.2. The first-order chi connectivity index (χ1) is 9.26. The quantitative estimate of drug-likeness (QED) is 0.863. The lowest BCUT2D eigenvalue weighted by molar-refractivity contribution is -0.119. The summed E-state index contributed by atoms with van der Waals surface area (Å²) in [7, 11) is 0. The second-order valence-corrected chi connectivity index (χ2v) is 4.74. The standard InChI is InChI=1S/C16H20N2O/c1-2-6-13(11-17)16(19)18-15-10-5-8-12-7-3-4-9-14(12)15/h3-5,7-10,13H,2,6,11,17H2,1H3,(H,18,19). The van der Waals surface area contributed by atoms with Crippen molar-refractivity contribution in [2.45, 2.75) is 19.8 Å². The molecule has 3 heteroatoms. The molecule has 0 fully saturated rings. The third kappa shape index (κ3) is 3.12. The molecule has 2 aromatic rings. The van der Waals surface area contributed by atoms with Gasteiger partial charge in [0.15, 0.2) is 0 Å². The molecular weight excluding hydrogens is 236 g/mol. The Morgan fingerprint density at radius 1 is 1.21 bits per heavy atom. The Hall–Kier alpha value is -1.87. The molecule has 0 heterocycles. The molecule has 0 saturated carbocycles. The van der Waals surface area contributed by atoms with E-state index in [9.17, 15) is 4.79 Å². The van der Waals surface area contributed by atoms with Crippen LogP contribution in [0.3, 0.4) is 0 Å². The van der Waals surface area contributed by atoms with Crippen molar-refractivity contribution in [1.29, 1.82) is 0 Å². The van der Waals surface area contributed by atoms with Crippen molar-refractivity contribution in [3.63, 3.8) is 0 Å². The molecule has 0 aromatic heterocycles. The van der Waals surface area contributed by atoms with Crippen molar-refractivity contribution in [3.05, 3.63) is 42.5 Å². The number of hydrogen-bond donors (Lipinski definition) is 2. The van der Waals surface area contributed by atoms with E-state index in [0.717, 1.165) is 29.3 Å². The number of hydrogen-bond acceptors (Lipinski definition) is 2. The number of amides is 1. The second kappa shape index (κ2) is 6.34. The highest BCUT2D eigenvalue weighted by molar-refractivity contribution is 6.02. The summed E-state index contributed by atoms with van der Waals surface area (Å²) >= 11 is 0. The first-order valence-corrected chi connectivity index (χ1v) is 6.75. The predicted molar refractivity (Wildman–Crippen MR) is 80.0 cm³/mol. The van der Waals surface area contributed by atoms with Crippen LogP contribution in [0.1, 0.15) is 19.8 Å². The minimum absolute atomic E-state index is 0.0145. The van der Waals surface area contributed by atoms with Gasteiger partial charge in [-0.15, -0.1) is 0 Å². The Morgan fingerprint density at radius 3 is 2.68 bits per heavy atom. The van der Waals surface area contributed by atoms with Crippen LogP contribution in [0, 0.1) is 5.92 Å². The van der Waals surface area contributed by atoms with Crippen LogP contribution >= 0.6 is 0 Å². The van der Waals surface area contributed by atoms with Gasteiger partial charge in [0.1, 0.15) is 0 Å². The van der Waals surface area contributed by atoms with Crippen molar-refractivity contribution in [2.24, 2.45) is 11.7 Å². The van der Waals surface area contributed by atoms with Gasteiger partial charge in [-0.3, -0.25) is 4.79 Å². The molecule has 0 aliphatic rings. The maximum Gasteiger partial charge on any atom is 0.228 e. The number of nitrogens with two attached hydrogens (primary N) is 1. The first kappa shape index (κ1) is 13.6. The second-order valence-electron chi connectivity index (χ2n) is 4.74. The van der Waals surface area contributed by atoms with E-state index >= 15 is 0 Å². The number of rotatable bonds is 5. The summed E-state index contributed by atoms with van der Waals surface area (Å²) in [6.45, 7) is 2.46. The Kier molecular flexibility index (Phi) is 4.53. The van der Waals surface area contributed by atoms with Crippen LogP contribution in [-0.4, -0.2) is 12.5 Å². The lowest BCUT2D eigenvalue weighted by Crippen LogP contribution is -2.29. The third-order valence-corrected chi connectivity index (χ3v) is 3.34. The smallest absolute Gasteiger partial charge is 0.228 e. The van der Waals surface area contributed by atoms with E-state index in [1.807, 2.05) is 42.5 Å². The number of carbonyl (C=O) groups is 1. The highest BCUT2D eigenvalue weighted by atomic mass is 16.1. The number of anilines is 1. The molecule has 1 unspecified atom stereocenters. The molecule has 1 amide bonds. The minimum Gasteiger partial charge on any atom is -0.330 e. The van der Waals surface area contributed by atoms with Crippen LogP contribution in [0.2, 0.25) is 0 Å². The van der Waals surface area contributed by atoms with Gasteiger partial charge >= 0.3 is 0 Å². The van der Waals surface area contributed by atoms with Gasteiger partial charge in [-0.25, -0.2) is 0 Å². The van der Waals surface area contributed by atoms with Crippen LogP contribution in [0.5, 0.6) is 0 Å².